The van der Waals surface area contributed by atoms with Gasteiger partial charge in [0.2, 0.25) is 5.91 Å². The minimum absolute atomic E-state index is 0.0103. The number of phenolic OH excluding ortho intramolecular Hbond substituents is 1. The molecular formula is C46H63F3N6O9S. The number of alkyl halides is 3. The first-order valence-electron chi connectivity index (χ1n) is 22.3. The number of likely N-dealkylation sites (tertiary alicyclic amines) is 1. The molecule has 19 heteroatoms. The number of aryl methyl sites for hydroxylation is 1. The molecule has 0 radical (unpaired) electrons. The monoisotopic (exact) mass is 932 g/mol. The molecule has 4 N–H and O–H groups in total. The molecule has 0 atom stereocenters. The molecular weight excluding hydrogens is 870 g/mol. The van der Waals surface area contributed by atoms with Crippen molar-refractivity contribution in [3.63, 3.8) is 0 Å². The summed E-state index contributed by atoms with van der Waals surface area (Å²) >= 11 is 1.56. The Bertz CT molecular complexity index is 2080. The van der Waals surface area contributed by atoms with Gasteiger partial charge in [-0.3, -0.25) is 19.3 Å². The number of fused-ring (bicyclic) bond motifs is 1. The zero-order valence-electron chi connectivity index (χ0n) is 37.8. The topological polar surface area (TPSA) is 183 Å². The number of carbonyl (C=O) groups excluding carboxylic acids is 3. The number of piperidine rings is 1. The molecule has 0 bridgehead atoms. The summed E-state index contributed by atoms with van der Waals surface area (Å²) in [6.07, 6.45) is 0.450. The fourth-order valence-electron chi connectivity index (χ4n) is 7.99. The van der Waals surface area contributed by atoms with Crippen LogP contribution in [0.2, 0.25) is 0 Å². The van der Waals surface area contributed by atoms with Crippen molar-refractivity contribution >= 4 is 40.7 Å². The highest BCUT2D eigenvalue weighted by atomic mass is 32.1. The number of aromatic nitrogens is 1. The number of carbonyl (C=O) groups is 4. The maximum absolute atomic E-state index is 13.3. The number of carboxylic acid groups (broad SMARTS) is 1. The summed E-state index contributed by atoms with van der Waals surface area (Å²) in [7, 11) is 0. The minimum atomic E-state index is -5.08. The first-order valence-corrected chi connectivity index (χ1v) is 23.2. The number of anilines is 1. The minimum Gasteiger partial charge on any atom is -0.506 e. The van der Waals surface area contributed by atoms with Gasteiger partial charge in [-0.05, 0) is 68.3 Å². The van der Waals surface area contributed by atoms with Gasteiger partial charge in [-0.25, -0.2) is 9.78 Å². The second kappa shape index (κ2) is 24.1. The van der Waals surface area contributed by atoms with Crippen LogP contribution in [0.15, 0.2) is 35.7 Å². The molecule has 358 valence electrons. The maximum Gasteiger partial charge on any atom is 0.490 e. The van der Waals surface area contributed by atoms with Crippen molar-refractivity contribution in [2.75, 3.05) is 84.1 Å². The lowest BCUT2D eigenvalue weighted by Crippen LogP contribution is -2.58. The number of hydrogen-bond acceptors (Lipinski definition) is 12. The van der Waals surface area contributed by atoms with Crippen LogP contribution in [0.5, 0.6) is 11.5 Å². The van der Waals surface area contributed by atoms with Gasteiger partial charge in [0, 0.05) is 57.1 Å². The van der Waals surface area contributed by atoms with E-state index in [1.807, 2.05) is 21.2 Å². The smallest absolute Gasteiger partial charge is 0.490 e. The van der Waals surface area contributed by atoms with Gasteiger partial charge in [0.25, 0.3) is 11.8 Å². The summed E-state index contributed by atoms with van der Waals surface area (Å²) in [5, 5.41) is 26.2. The van der Waals surface area contributed by atoms with Crippen LogP contribution < -0.4 is 15.4 Å². The molecule has 3 aliphatic heterocycles. The Hall–Kier alpha value is -4.82. The van der Waals surface area contributed by atoms with E-state index in [1.165, 1.54) is 16.7 Å². The Morgan fingerprint density at radius 1 is 1.06 bits per heavy atom. The van der Waals surface area contributed by atoms with Crippen molar-refractivity contribution in [2.24, 2.45) is 0 Å². The van der Waals surface area contributed by atoms with E-state index in [9.17, 15) is 32.7 Å². The van der Waals surface area contributed by atoms with Gasteiger partial charge in [0.1, 0.15) is 17.1 Å². The summed E-state index contributed by atoms with van der Waals surface area (Å²) in [4.78, 5) is 58.1. The first-order chi connectivity index (χ1) is 31.0. The van der Waals surface area contributed by atoms with Crippen molar-refractivity contribution in [3.05, 3.63) is 68.7 Å². The third kappa shape index (κ3) is 15.4. The van der Waals surface area contributed by atoms with E-state index < -0.39 is 12.1 Å². The Kier molecular flexibility index (Phi) is 19.0. The highest BCUT2D eigenvalue weighted by Gasteiger charge is 2.41. The molecule has 4 heterocycles. The summed E-state index contributed by atoms with van der Waals surface area (Å²) in [5.41, 5.74) is 5.24. The maximum atomic E-state index is 13.3. The van der Waals surface area contributed by atoms with Crippen LogP contribution in [-0.2, 0) is 43.2 Å². The van der Waals surface area contributed by atoms with Crippen LogP contribution in [0.25, 0.3) is 0 Å². The predicted molar refractivity (Wildman–Crippen MR) is 240 cm³/mol. The van der Waals surface area contributed by atoms with Gasteiger partial charge in [0.15, 0.2) is 12.4 Å². The SMILES string of the molecule is CCCCN(CCNCCc1ccc(O)c2c1OCC(=O)N2)C(=O)CCOCCc1cc(C)cc(CN2CCC3(CC2)CN(C(=O)c2csc(C(C)C)n2)CCO3)c1.O=C(O)C(F)(F)F. The van der Waals surface area contributed by atoms with Crippen LogP contribution in [0.3, 0.4) is 0 Å². The van der Waals surface area contributed by atoms with E-state index >= 15 is 0 Å². The number of amides is 3. The number of thiazole rings is 1. The van der Waals surface area contributed by atoms with E-state index in [4.69, 9.17) is 24.1 Å². The number of benzene rings is 2. The van der Waals surface area contributed by atoms with Gasteiger partial charge < -0.3 is 44.9 Å². The Labute approximate surface area is 382 Å². The molecule has 0 unspecified atom stereocenters. The molecule has 2 fully saturated rings. The fraction of sp³-hybridized carbons (Fsp3) is 0.587. The number of morpholine rings is 1. The van der Waals surface area contributed by atoms with Gasteiger partial charge in [-0.1, -0.05) is 57.0 Å². The zero-order chi connectivity index (χ0) is 47.1. The van der Waals surface area contributed by atoms with Crippen LogP contribution in [0.4, 0.5) is 18.9 Å². The van der Waals surface area contributed by atoms with Crippen LogP contribution in [-0.4, -0.2) is 144 Å². The van der Waals surface area contributed by atoms with Crippen molar-refractivity contribution < 1.29 is 56.8 Å². The van der Waals surface area contributed by atoms with Gasteiger partial charge in [-0.15, -0.1) is 11.3 Å². The molecule has 6 rings (SSSR count). The Balaban J connectivity index is 0.00000105. The van der Waals surface area contributed by atoms with Crippen molar-refractivity contribution in [1.82, 2.24) is 25.0 Å². The number of carboxylic acids is 1. The van der Waals surface area contributed by atoms with Crippen molar-refractivity contribution in [3.8, 4) is 11.5 Å². The summed E-state index contributed by atoms with van der Waals surface area (Å²) < 4.78 is 49.7. The average Bonchev–Trinajstić information content (AvgIpc) is 3.77. The summed E-state index contributed by atoms with van der Waals surface area (Å²) in [6, 6.07) is 10.1. The third-order valence-corrected chi connectivity index (χ3v) is 12.6. The average molecular weight is 933 g/mol. The van der Waals surface area contributed by atoms with Gasteiger partial charge >= 0.3 is 12.1 Å². The molecule has 1 aromatic heterocycles. The molecule has 3 aromatic rings. The molecule has 0 saturated carbocycles. The van der Waals surface area contributed by atoms with E-state index in [2.05, 4.69) is 66.4 Å². The highest BCUT2D eigenvalue weighted by molar-refractivity contribution is 7.09. The quantitative estimate of drug-likeness (QED) is 0.0795. The largest absolute Gasteiger partial charge is 0.506 e. The number of halogens is 3. The number of phenols is 1. The molecule has 15 nitrogen and oxygen atoms in total. The molecule has 2 aromatic carbocycles. The predicted octanol–water partition coefficient (Wildman–Crippen LogP) is 6.16. The van der Waals surface area contributed by atoms with Gasteiger partial charge in [-0.2, -0.15) is 13.2 Å². The Morgan fingerprint density at radius 2 is 1.80 bits per heavy atom. The standard InChI is InChI=1S/C44H62N6O7S.C2HF3O2/c1-5-6-16-49(19-15-45-14-9-35-7-8-37(51)40-41(35)56-28-38(52)47-40)39(53)11-22-55-21-10-33-24-32(4)25-34(26-33)27-48-17-12-44(13-18-48)30-50(20-23-57-44)43(54)36-29-58-42(46-36)31(2)3;3-2(4,5)1(6)7/h7-8,24-26,29,31,45,51H,5-6,9-23,27-28,30H2,1-4H3,(H,47,52);(H,6,7). The normalized spacial score (nSPS) is 16.1. The highest BCUT2D eigenvalue weighted by Crippen LogP contribution is 2.39. The molecule has 65 heavy (non-hydrogen) atoms. The molecule has 0 aliphatic carbocycles. The molecule has 3 aliphatic rings. The second-order valence-electron chi connectivity index (χ2n) is 17.0. The molecule has 3 amide bonds. The number of unbranched alkanes of at least 4 members (excludes halogenated alkanes) is 1. The first kappa shape index (κ1) is 51.2. The number of nitrogens with zero attached hydrogens (tertiary/aromatic N) is 4. The van der Waals surface area contributed by atoms with Crippen LogP contribution in [0.1, 0.15) is 96.5 Å². The lowest BCUT2D eigenvalue weighted by Gasteiger charge is -2.47. The Morgan fingerprint density at radius 3 is 2.49 bits per heavy atom. The fourth-order valence-corrected chi connectivity index (χ4v) is 8.80. The van der Waals surface area contributed by atoms with Crippen LogP contribution in [0, 0.1) is 6.92 Å². The van der Waals surface area contributed by atoms with Gasteiger partial charge in [0.05, 0.1) is 43.4 Å². The number of hydrogen-bond donors (Lipinski definition) is 4. The van der Waals surface area contributed by atoms with Crippen molar-refractivity contribution in [1.29, 1.82) is 0 Å². The van der Waals surface area contributed by atoms with E-state index in [0.29, 0.717) is 88.4 Å². The lowest BCUT2D eigenvalue weighted by atomic mass is 9.89. The molecule has 1 spiro atoms. The third-order valence-electron chi connectivity index (χ3n) is 11.5. The lowest BCUT2D eigenvalue weighted by molar-refractivity contribution is -0.192. The van der Waals surface area contributed by atoms with E-state index in [1.54, 1.807) is 17.4 Å². The number of rotatable bonds is 19. The molecule has 2 saturated heterocycles. The van der Waals surface area contributed by atoms with Crippen LogP contribution >= 0.6 is 11.3 Å². The number of aliphatic carboxylic acids is 1. The van der Waals surface area contributed by atoms with Crippen molar-refractivity contribution in [2.45, 2.75) is 96.9 Å². The van der Waals surface area contributed by atoms with E-state index in [0.717, 1.165) is 68.9 Å². The number of nitrogens with one attached hydrogen (secondary N) is 2. The second-order valence-corrected chi connectivity index (χ2v) is 17.9. The van der Waals surface area contributed by atoms with E-state index in [-0.39, 0.29) is 35.7 Å². The summed E-state index contributed by atoms with van der Waals surface area (Å²) in [5.74, 6) is -2.10. The number of ether oxygens (including phenoxy) is 3. The zero-order valence-corrected chi connectivity index (χ0v) is 38.6. The summed E-state index contributed by atoms with van der Waals surface area (Å²) in [6.45, 7) is 16.5. The number of aromatic hydroxyl groups is 1.